The van der Waals surface area contributed by atoms with Crippen molar-refractivity contribution in [3.05, 3.63) is 42.1 Å². The summed E-state index contributed by atoms with van der Waals surface area (Å²) in [6.07, 6.45) is 1.50. The number of benzene rings is 1. The molecule has 3 heteroatoms. The molecule has 0 spiro atoms. The zero-order valence-electron chi connectivity index (χ0n) is 6.46. The molecule has 0 aliphatic rings. The minimum absolute atomic E-state index is 0.252. The monoisotopic (exact) mass is 166 g/mol. The number of primary amides is 1. The summed E-state index contributed by atoms with van der Waals surface area (Å²) >= 11 is 0. The van der Waals surface area contributed by atoms with E-state index in [1.54, 1.807) is 18.2 Å². The van der Waals surface area contributed by atoms with Crippen LogP contribution in [0.4, 0.5) is 4.39 Å². The largest absolute Gasteiger partial charge is 0.369 e. The van der Waals surface area contributed by atoms with Gasteiger partial charge in [0, 0.05) is 0 Å². The maximum Gasteiger partial charge on any atom is 0.221 e. The summed E-state index contributed by atoms with van der Waals surface area (Å²) < 4.78 is 12.9. The van der Waals surface area contributed by atoms with E-state index in [0.717, 1.165) is 0 Å². The summed E-state index contributed by atoms with van der Waals surface area (Å²) in [7, 11) is 0. The molecule has 0 unspecified atom stereocenters. The number of nitrogens with two attached hydrogens (primary N) is 1. The van der Waals surface area contributed by atoms with Gasteiger partial charge in [-0.3, -0.25) is 4.79 Å². The highest BCUT2D eigenvalue weighted by molar-refractivity contribution is 5.83. The highest BCUT2D eigenvalue weighted by Gasteiger charge is 2.02. The summed E-state index contributed by atoms with van der Waals surface area (Å²) in [5, 5.41) is 0. The van der Waals surface area contributed by atoms with Crippen LogP contribution in [0.3, 0.4) is 0 Å². The highest BCUT2D eigenvalue weighted by atomic mass is 19.1. The third-order valence-corrected chi connectivity index (χ3v) is 1.48. The lowest BCUT2D eigenvalue weighted by atomic mass is 10.1. The van der Waals surface area contributed by atoms with Crippen molar-refractivity contribution in [2.24, 2.45) is 5.73 Å². The fourth-order valence-electron chi connectivity index (χ4n) is 0.874. The fraction of sp³-hybridized carbons (Fsp3) is 0.111. The Kier molecular flexibility index (Phi) is 2.80. The summed E-state index contributed by atoms with van der Waals surface area (Å²) in [6.45, 7) is 0. The van der Waals surface area contributed by atoms with E-state index >= 15 is 0 Å². The van der Waals surface area contributed by atoms with Crippen LogP contribution in [0.25, 0.3) is 0 Å². The Bertz CT molecular complexity index is 286. The Morgan fingerprint density at radius 3 is 2.75 bits per heavy atom. The van der Waals surface area contributed by atoms with Crippen molar-refractivity contribution >= 4 is 5.91 Å². The Morgan fingerprint density at radius 1 is 1.50 bits per heavy atom. The predicted octanol–water partition coefficient (Wildman–Crippen LogP) is 1.06. The lowest BCUT2D eigenvalue weighted by Crippen LogP contribution is -2.12. The average molecular weight is 166 g/mol. The van der Waals surface area contributed by atoms with Crippen LogP contribution >= 0.6 is 0 Å². The van der Waals surface area contributed by atoms with Gasteiger partial charge in [0.1, 0.15) is 5.82 Å². The van der Waals surface area contributed by atoms with Crippen molar-refractivity contribution in [2.45, 2.75) is 6.42 Å². The van der Waals surface area contributed by atoms with Gasteiger partial charge in [-0.2, -0.15) is 0 Å². The lowest BCUT2D eigenvalue weighted by molar-refractivity contribution is -0.115. The van der Waals surface area contributed by atoms with Gasteiger partial charge in [0.05, 0.1) is 6.42 Å². The van der Waals surface area contributed by atoms with Crippen molar-refractivity contribution in [3.63, 3.8) is 0 Å². The summed E-state index contributed by atoms with van der Waals surface area (Å²) in [4.78, 5) is 10.3. The van der Waals surface area contributed by atoms with E-state index in [0.29, 0.717) is 5.56 Å². The average Bonchev–Trinajstić information content (AvgIpc) is 2.03. The molecule has 2 nitrogen and oxygen atoms in total. The topological polar surface area (TPSA) is 43.1 Å². The Hall–Kier alpha value is -1.38. The third-order valence-electron chi connectivity index (χ3n) is 1.48. The molecule has 0 heterocycles. The molecule has 63 valence electrons. The maximum absolute atomic E-state index is 12.9. The van der Waals surface area contributed by atoms with Crippen molar-refractivity contribution < 1.29 is 9.18 Å². The van der Waals surface area contributed by atoms with Crippen molar-refractivity contribution in [3.8, 4) is 0 Å². The fourth-order valence-corrected chi connectivity index (χ4v) is 0.874. The molecule has 1 amide bonds. The van der Waals surface area contributed by atoms with Crippen molar-refractivity contribution in [2.75, 3.05) is 0 Å². The van der Waals surface area contributed by atoms with Gasteiger partial charge in [0.25, 0.3) is 0 Å². The van der Waals surface area contributed by atoms with E-state index in [1.165, 1.54) is 12.5 Å². The number of amides is 1. The van der Waals surface area contributed by atoms with Gasteiger partial charge >= 0.3 is 0 Å². The first-order valence-corrected chi connectivity index (χ1v) is 3.56. The van der Waals surface area contributed by atoms with Crippen LogP contribution in [0, 0.1) is 12.2 Å². The molecule has 0 fully saturated rings. The third kappa shape index (κ3) is 2.34. The normalized spacial score (nSPS) is 9.75. The molecule has 0 aliphatic carbocycles. The number of rotatable bonds is 3. The first-order chi connectivity index (χ1) is 5.70. The second-order valence-electron chi connectivity index (χ2n) is 2.40. The van der Waals surface area contributed by atoms with E-state index in [2.05, 4.69) is 0 Å². The van der Waals surface area contributed by atoms with Gasteiger partial charge in [0.2, 0.25) is 5.91 Å². The molecule has 0 aromatic heterocycles. The van der Waals surface area contributed by atoms with Crippen LogP contribution in [-0.4, -0.2) is 5.91 Å². The molecule has 0 aliphatic heterocycles. The first-order valence-electron chi connectivity index (χ1n) is 3.56. The Balaban J connectivity index is 2.63. The van der Waals surface area contributed by atoms with Crippen LogP contribution in [0.2, 0.25) is 0 Å². The van der Waals surface area contributed by atoms with Crippen LogP contribution < -0.4 is 5.73 Å². The standard InChI is InChI=1S/C9H9FNO/c10-8-4-2-1-3-7(8)5-6-9(11)12/h1-4,6H,5H2,(H2,11,12). The second-order valence-corrected chi connectivity index (χ2v) is 2.40. The molecule has 0 bridgehead atoms. The molecule has 1 aromatic carbocycles. The summed E-state index contributed by atoms with van der Waals surface area (Å²) in [6, 6.07) is 6.29. The van der Waals surface area contributed by atoms with Gasteiger partial charge in [-0.15, -0.1) is 0 Å². The van der Waals surface area contributed by atoms with Crippen molar-refractivity contribution in [1.82, 2.24) is 0 Å². The Labute approximate surface area is 70.2 Å². The lowest BCUT2D eigenvalue weighted by Gasteiger charge is -1.98. The Morgan fingerprint density at radius 2 is 2.17 bits per heavy atom. The summed E-state index contributed by atoms with van der Waals surface area (Å²) in [5.74, 6) is -0.840. The number of carbonyl (C=O) groups is 1. The molecular weight excluding hydrogens is 157 g/mol. The van der Waals surface area contributed by atoms with E-state index < -0.39 is 5.91 Å². The maximum atomic E-state index is 12.9. The molecule has 0 saturated heterocycles. The zero-order valence-corrected chi connectivity index (χ0v) is 6.46. The molecule has 12 heavy (non-hydrogen) atoms. The molecule has 1 rings (SSSR count). The van der Waals surface area contributed by atoms with Crippen LogP contribution in [0.5, 0.6) is 0 Å². The van der Waals surface area contributed by atoms with E-state index in [1.807, 2.05) is 0 Å². The van der Waals surface area contributed by atoms with Crippen LogP contribution in [0.15, 0.2) is 24.3 Å². The minimum Gasteiger partial charge on any atom is -0.369 e. The predicted molar refractivity (Wildman–Crippen MR) is 43.6 cm³/mol. The molecule has 2 N–H and O–H groups in total. The quantitative estimate of drug-likeness (QED) is 0.716. The van der Waals surface area contributed by atoms with Gasteiger partial charge in [-0.1, -0.05) is 18.2 Å². The van der Waals surface area contributed by atoms with Crippen LogP contribution in [-0.2, 0) is 11.2 Å². The van der Waals surface area contributed by atoms with Crippen LogP contribution in [0.1, 0.15) is 5.56 Å². The summed E-state index contributed by atoms with van der Waals surface area (Å²) in [5.41, 5.74) is 5.36. The van der Waals surface area contributed by atoms with Gasteiger partial charge < -0.3 is 5.73 Å². The zero-order chi connectivity index (χ0) is 8.97. The molecule has 0 saturated carbocycles. The van der Waals surface area contributed by atoms with Gasteiger partial charge in [-0.05, 0) is 18.1 Å². The first kappa shape index (κ1) is 8.71. The number of hydrogen-bond acceptors (Lipinski definition) is 1. The highest BCUT2D eigenvalue weighted by Crippen LogP contribution is 2.07. The number of halogens is 1. The smallest absolute Gasteiger partial charge is 0.221 e. The van der Waals surface area contributed by atoms with Gasteiger partial charge in [-0.25, -0.2) is 4.39 Å². The SMILES string of the molecule is NC(=O)[CH]Cc1ccccc1F. The van der Waals surface area contributed by atoms with Crippen molar-refractivity contribution in [1.29, 1.82) is 0 Å². The number of hydrogen-bond donors (Lipinski definition) is 1. The van der Waals surface area contributed by atoms with Gasteiger partial charge in [0.15, 0.2) is 0 Å². The minimum atomic E-state index is -0.529. The van der Waals surface area contributed by atoms with E-state index in [9.17, 15) is 9.18 Å². The van der Waals surface area contributed by atoms with E-state index in [4.69, 9.17) is 5.73 Å². The molecular formula is C9H9FNO. The molecule has 0 atom stereocenters. The number of carbonyl (C=O) groups excluding carboxylic acids is 1. The molecule has 1 aromatic rings. The second kappa shape index (κ2) is 3.85. The van der Waals surface area contributed by atoms with E-state index in [-0.39, 0.29) is 12.2 Å². The molecule has 1 radical (unpaired) electrons.